The zero-order chi connectivity index (χ0) is 29.1. The molecule has 2 nitrogen and oxygen atoms in total. The number of thioether (sulfide) groups is 1. The molecule has 0 aliphatic heterocycles. The molecule has 0 saturated carbocycles. The Morgan fingerprint density at radius 3 is 0.714 bits per heavy atom. The van der Waals surface area contributed by atoms with Gasteiger partial charge in [-0.25, -0.2) is 0 Å². The first-order valence-corrected chi connectivity index (χ1v) is 14.2. The van der Waals surface area contributed by atoms with Gasteiger partial charge in [-0.2, -0.15) is 10.5 Å². The van der Waals surface area contributed by atoms with Crippen molar-refractivity contribution in [1.82, 2.24) is 0 Å². The van der Waals surface area contributed by atoms with E-state index in [2.05, 4.69) is 162 Å². The maximum Gasteiger partial charge on any atom is 0.0689 e. The quantitative estimate of drug-likeness (QED) is 0.297. The lowest BCUT2D eigenvalue weighted by Gasteiger charge is -2.65. The molecule has 0 spiro atoms. The van der Waals surface area contributed by atoms with Crippen molar-refractivity contribution in [2.24, 2.45) is 43.3 Å². The van der Waals surface area contributed by atoms with Crippen molar-refractivity contribution in [3.63, 3.8) is 0 Å². The topological polar surface area (TPSA) is 47.6 Å². The van der Waals surface area contributed by atoms with Crippen LogP contribution in [0, 0.1) is 66.0 Å². The highest BCUT2D eigenvalue weighted by molar-refractivity contribution is 8.02. The molecule has 0 aromatic carbocycles. The molecule has 0 aromatic rings. The van der Waals surface area contributed by atoms with Crippen LogP contribution in [0.2, 0.25) is 0 Å². The lowest BCUT2D eigenvalue weighted by molar-refractivity contribution is -0.0915. The molecule has 0 unspecified atom stereocenters. The molecule has 0 aliphatic carbocycles. The summed E-state index contributed by atoms with van der Waals surface area (Å²) in [6.07, 6.45) is 0. The Bertz CT molecular complexity index is 790. The Morgan fingerprint density at radius 2 is 0.543 bits per heavy atom. The molecule has 3 heteroatoms. The zero-order valence-electron chi connectivity index (χ0n) is 27.3. The van der Waals surface area contributed by atoms with E-state index >= 15 is 0 Å². The molecule has 0 rings (SSSR count). The number of hydrogen-bond acceptors (Lipinski definition) is 3. The summed E-state index contributed by atoms with van der Waals surface area (Å²) in [6.45, 7) is 46.0. The molecule has 0 heterocycles. The summed E-state index contributed by atoms with van der Waals surface area (Å²) in [6, 6.07) is 5.21. The van der Waals surface area contributed by atoms with Crippen LogP contribution in [0.1, 0.15) is 138 Å². The maximum atomic E-state index is 10.0. The molecule has 35 heavy (non-hydrogen) atoms. The van der Waals surface area contributed by atoms with Crippen LogP contribution in [-0.2, 0) is 0 Å². The van der Waals surface area contributed by atoms with E-state index in [0.29, 0.717) is 0 Å². The minimum Gasteiger partial charge on any atom is -0.198 e. The van der Waals surface area contributed by atoms with Crippen molar-refractivity contribution in [2.75, 3.05) is 0 Å². The van der Waals surface area contributed by atoms with Gasteiger partial charge in [0.1, 0.15) is 0 Å². The third-order valence-corrected chi connectivity index (χ3v) is 15.5. The fourth-order valence-corrected chi connectivity index (χ4v) is 8.10. The highest BCUT2D eigenvalue weighted by Gasteiger charge is 2.63. The summed E-state index contributed by atoms with van der Waals surface area (Å²) in [5, 5.41) is 20.1. The van der Waals surface area contributed by atoms with E-state index in [1.54, 1.807) is 0 Å². The molecule has 0 aromatic heterocycles. The highest BCUT2D eigenvalue weighted by atomic mass is 32.2. The predicted molar refractivity (Wildman–Crippen MR) is 157 cm³/mol. The summed E-state index contributed by atoms with van der Waals surface area (Å²) in [7, 11) is 0. The Balaban J connectivity index is 6.73. The van der Waals surface area contributed by atoms with Gasteiger partial charge in [0.15, 0.2) is 0 Å². The summed E-state index contributed by atoms with van der Waals surface area (Å²) in [4.78, 5) is 0. The van der Waals surface area contributed by atoms with Gasteiger partial charge < -0.3 is 0 Å². The first-order valence-electron chi connectivity index (χ1n) is 13.4. The van der Waals surface area contributed by atoms with Crippen LogP contribution in [0.3, 0.4) is 0 Å². The van der Waals surface area contributed by atoms with Crippen molar-refractivity contribution in [1.29, 1.82) is 10.5 Å². The average Bonchev–Trinajstić information content (AvgIpc) is 2.65. The number of hydrogen-bond donors (Lipinski definition) is 0. The standard InChI is InChI=1S/C32H60N2S/c1-23(2,21-33)25(5,6)27(9,10)29(13,14)31(17,18)35-32(19,20)30(15,16)28(11,12)26(7,8)24(3,4)22-34/h1-20H3. The van der Waals surface area contributed by atoms with Crippen molar-refractivity contribution in [3.8, 4) is 12.1 Å². The fourth-order valence-electron chi connectivity index (χ4n) is 5.80. The van der Waals surface area contributed by atoms with Crippen LogP contribution in [-0.4, -0.2) is 9.49 Å². The van der Waals surface area contributed by atoms with Gasteiger partial charge in [0.05, 0.1) is 23.0 Å². The molecule has 0 bridgehead atoms. The Morgan fingerprint density at radius 1 is 0.343 bits per heavy atom. The van der Waals surface area contributed by atoms with Crippen LogP contribution in [0.4, 0.5) is 0 Å². The molecule has 0 radical (unpaired) electrons. The van der Waals surface area contributed by atoms with Gasteiger partial charge in [-0.3, -0.25) is 0 Å². The number of nitrogens with zero attached hydrogens (tertiary/aromatic N) is 2. The van der Waals surface area contributed by atoms with E-state index in [0.717, 1.165) is 0 Å². The van der Waals surface area contributed by atoms with E-state index in [4.69, 9.17) is 0 Å². The van der Waals surface area contributed by atoms with E-state index in [1.165, 1.54) is 0 Å². The zero-order valence-corrected chi connectivity index (χ0v) is 28.1. The van der Waals surface area contributed by atoms with Gasteiger partial charge in [0.2, 0.25) is 0 Å². The van der Waals surface area contributed by atoms with Gasteiger partial charge in [-0.05, 0) is 60.2 Å². The monoisotopic (exact) mass is 504 g/mol. The molecule has 0 saturated heterocycles. The van der Waals surface area contributed by atoms with Crippen LogP contribution in [0.25, 0.3) is 0 Å². The molecular formula is C32H60N2S. The highest BCUT2D eigenvalue weighted by Crippen LogP contribution is 2.69. The molecule has 204 valence electrons. The maximum absolute atomic E-state index is 10.0. The largest absolute Gasteiger partial charge is 0.198 e. The van der Waals surface area contributed by atoms with E-state index in [-0.39, 0.29) is 42.0 Å². The Hall–Kier alpha value is -0.670. The normalized spacial score (nSPS) is 16.1. The fraction of sp³-hybridized carbons (Fsp3) is 0.938. The average molecular weight is 505 g/mol. The molecule has 0 atom stereocenters. The van der Waals surface area contributed by atoms with Crippen LogP contribution in [0.15, 0.2) is 0 Å². The molecule has 0 aliphatic rings. The summed E-state index contributed by atoms with van der Waals surface area (Å²) in [5.74, 6) is 0. The van der Waals surface area contributed by atoms with Gasteiger partial charge in [-0.15, -0.1) is 11.8 Å². The second-order valence-corrected chi connectivity index (χ2v) is 18.6. The Labute approximate surface area is 225 Å². The number of rotatable bonds is 10. The predicted octanol–water partition coefficient (Wildman–Crippen LogP) is 10.5. The van der Waals surface area contributed by atoms with Crippen molar-refractivity contribution >= 4 is 11.8 Å². The third-order valence-electron chi connectivity index (χ3n) is 13.5. The Kier molecular flexibility index (Phi) is 8.80. The SMILES string of the molecule is CC(C)(C#N)C(C)(C)C(C)(C)C(C)(C)C(C)(C)SC(C)(C)C(C)(C)C(C)(C)C(C)(C)C(C)(C)C#N. The van der Waals surface area contributed by atoms with Gasteiger partial charge in [0, 0.05) is 9.49 Å². The lowest BCUT2D eigenvalue weighted by atomic mass is 9.45. The molecule has 0 N–H and O–H groups in total. The van der Waals surface area contributed by atoms with E-state index in [1.807, 2.05) is 0 Å². The molecule has 0 amide bonds. The smallest absolute Gasteiger partial charge is 0.0689 e. The van der Waals surface area contributed by atoms with E-state index < -0.39 is 10.8 Å². The van der Waals surface area contributed by atoms with Crippen molar-refractivity contribution in [3.05, 3.63) is 0 Å². The summed E-state index contributed by atoms with van der Waals surface area (Å²) in [5.41, 5.74) is -1.80. The van der Waals surface area contributed by atoms with Crippen LogP contribution < -0.4 is 0 Å². The minimum absolute atomic E-state index is 0.0922. The van der Waals surface area contributed by atoms with E-state index in [9.17, 15) is 10.5 Å². The van der Waals surface area contributed by atoms with Gasteiger partial charge in [-0.1, -0.05) is 111 Å². The van der Waals surface area contributed by atoms with Crippen molar-refractivity contribution < 1.29 is 0 Å². The third kappa shape index (κ3) is 4.71. The summed E-state index contributed by atoms with van der Waals surface area (Å²) >= 11 is 2.07. The number of nitriles is 2. The lowest BCUT2D eigenvalue weighted by Crippen LogP contribution is -2.61. The summed E-state index contributed by atoms with van der Waals surface area (Å²) < 4.78 is -0.184. The van der Waals surface area contributed by atoms with Crippen LogP contribution in [0.5, 0.6) is 0 Å². The second-order valence-electron chi connectivity index (χ2n) is 16.3. The second kappa shape index (κ2) is 8.97. The minimum atomic E-state index is -0.460. The first-order chi connectivity index (χ1) is 14.8. The van der Waals surface area contributed by atoms with Crippen molar-refractivity contribution in [2.45, 2.75) is 148 Å². The first kappa shape index (κ1) is 34.3. The molecule has 0 fully saturated rings. The van der Waals surface area contributed by atoms with Crippen LogP contribution >= 0.6 is 11.8 Å². The van der Waals surface area contributed by atoms with Gasteiger partial charge >= 0.3 is 0 Å². The molecular weight excluding hydrogens is 444 g/mol. The van der Waals surface area contributed by atoms with Gasteiger partial charge in [0.25, 0.3) is 0 Å².